The number of hydrogen-bond donors (Lipinski definition) is 0. The lowest BCUT2D eigenvalue weighted by Crippen LogP contribution is -2.12. The second-order valence-electron chi connectivity index (χ2n) is 3.13. The Morgan fingerprint density at radius 3 is 2.83 bits per heavy atom. The highest BCUT2D eigenvalue weighted by atomic mass is 32.1. The van der Waals surface area contributed by atoms with E-state index >= 15 is 0 Å². The van der Waals surface area contributed by atoms with Gasteiger partial charge in [0.2, 0.25) is 0 Å². The summed E-state index contributed by atoms with van der Waals surface area (Å²) in [6.07, 6.45) is 1.06. The molecule has 2 heteroatoms. The highest BCUT2D eigenvalue weighted by Gasteiger charge is 1.99. The summed E-state index contributed by atoms with van der Waals surface area (Å²) in [6.45, 7) is 5.13. The Kier molecular flexibility index (Phi) is 3.50. The summed E-state index contributed by atoms with van der Waals surface area (Å²) in [7, 11) is 4.17. The van der Waals surface area contributed by atoms with Gasteiger partial charge in [0.25, 0.3) is 0 Å². The first-order valence-electron chi connectivity index (χ1n) is 4.06. The van der Waals surface area contributed by atoms with Crippen LogP contribution < -0.4 is 0 Å². The molecule has 0 fully saturated rings. The van der Waals surface area contributed by atoms with E-state index in [1.54, 1.807) is 11.3 Å². The van der Waals surface area contributed by atoms with Crippen molar-refractivity contribution in [3.63, 3.8) is 0 Å². The molecule has 0 aliphatic heterocycles. The topological polar surface area (TPSA) is 3.24 Å². The van der Waals surface area contributed by atoms with Crippen molar-refractivity contribution < 1.29 is 0 Å². The predicted molar refractivity (Wildman–Crippen MR) is 56.5 cm³/mol. The molecule has 1 aromatic rings. The van der Waals surface area contributed by atoms with Gasteiger partial charge >= 0.3 is 0 Å². The van der Waals surface area contributed by atoms with Crippen LogP contribution in [0.1, 0.15) is 11.3 Å². The zero-order valence-electron chi connectivity index (χ0n) is 7.71. The molecule has 1 rings (SSSR count). The van der Waals surface area contributed by atoms with Gasteiger partial charge in [0.05, 0.1) is 0 Å². The summed E-state index contributed by atoms with van der Waals surface area (Å²) in [5.74, 6) is 0. The second kappa shape index (κ2) is 4.43. The van der Waals surface area contributed by atoms with Gasteiger partial charge in [-0.1, -0.05) is 12.6 Å². The van der Waals surface area contributed by atoms with Crippen molar-refractivity contribution in [1.29, 1.82) is 0 Å². The predicted octanol–water partition coefficient (Wildman–Crippen LogP) is 2.71. The molecule has 1 nitrogen and oxygen atoms in total. The molecule has 0 bridgehead atoms. The molecule has 0 amide bonds. The quantitative estimate of drug-likeness (QED) is 0.690. The molecule has 12 heavy (non-hydrogen) atoms. The highest BCUT2D eigenvalue weighted by Crippen LogP contribution is 2.20. The SMILES string of the molecule is C=C(CCN(C)C)c1cccs1. The first kappa shape index (κ1) is 9.49. The fourth-order valence-corrected chi connectivity index (χ4v) is 1.69. The van der Waals surface area contributed by atoms with E-state index in [2.05, 4.69) is 43.1 Å². The summed E-state index contributed by atoms with van der Waals surface area (Å²) >= 11 is 1.76. The van der Waals surface area contributed by atoms with Crippen LogP contribution in [0.3, 0.4) is 0 Å². The monoisotopic (exact) mass is 181 g/mol. The number of nitrogens with zero attached hydrogens (tertiary/aromatic N) is 1. The summed E-state index contributed by atoms with van der Waals surface area (Å²) < 4.78 is 0. The summed E-state index contributed by atoms with van der Waals surface area (Å²) in [5, 5.41) is 2.09. The summed E-state index contributed by atoms with van der Waals surface area (Å²) in [6, 6.07) is 4.20. The molecule has 0 saturated carbocycles. The molecule has 0 unspecified atom stereocenters. The van der Waals surface area contributed by atoms with Gasteiger partial charge in [-0.05, 0) is 37.5 Å². The zero-order valence-corrected chi connectivity index (χ0v) is 8.53. The first-order chi connectivity index (χ1) is 5.70. The number of thiophene rings is 1. The van der Waals surface area contributed by atoms with Gasteiger partial charge in [0.1, 0.15) is 0 Å². The fraction of sp³-hybridized carbons (Fsp3) is 0.400. The van der Waals surface area contributed by atoms with Crippen LogP contribution in [-0.2, 0) is 0 Å². The lowest BCUT2D eigenvalue weighted by atomic mass is 10.2. The van der Waals surface area contributed by atoms with Crippen LogP contribution in [0.2, 0.25) is 0 Å². The van der Waals surface area contributed by atoms with Crippen molar-refractivity contribution in [1.82, 2.24) is 4.90 Å². The number of hydrogen-bond acceptors (Lipinski definition) is 2. The lowest BCUT2D eigenvalue weighted by molar-refractivity contribution is 0.420. The van der Waals surface area contributed by atoms with E-state index in [4.69, 9.17) is 0 Å². The third-order valence-electron chi connectivity index (χ3n) is 1.73. The third-order valence-corrected chi connectivity index (χ3v) is 2.70. The van der Waals surface area contributed by atoms with Crippen molar-refractivity contribution in [2.45, 2.75) is 6.42 Å². The Bertz CT molecular complexity index is 236. The highest BCUT2D eigenvalue weighted by molar-refractivity contribution is 7.11. The smallest absolute Gasteiger partial charge is 0.0296 e. The standard InChI is InChI=1S/C10H15NS/c1-9(6-7-11(2)3)10-5-4-8-12-10/h4-5,8H,1,6-7H2,2-3H3. The summed E-state index contributed by atoms with van der Waals surface area (Å²) in [4.78, 5) is 3.50. The maximum absolute atomic E-state index is 4.05. The van der Waals surface area contributed by atoms with Gasteiger partial charge in [0, 0.05) is 11.4 Å². The zero-order chi connectivity index (χ0) is 8.97. The molecule has 0 aliphatic carbocycles. The largest absolute Gasteiger partial charge is 0.309 e. The molecule has 66 valence electrons. The van der Waals surface area contributed by atoms with Gasteiger partial charge in [-0.3, -0.25) is 0 Å². The van der Waals surface area contributed by atoms with Gasteiger partial charge in [-0.2, -0.15) is 0 Å². The Morgan fingerprint density at radius 1 is 1.58 bits per heavy atom. The van der Waals surface area contributed by atoms with Gasteiger partial charge in [-0.25, -0.2) is 0 Å². The first-order valence-corrected chi connectivity index (χ1v) is 4.94. The molecule has 1 heterocycles. The molecule has 0 radical (unpaired) electrons. The third kappa shape index (κ3) is 2.80. The van der Waals surface area contributed by atoms with Crippen LogP contribution >= 0.6 is 11.3 Å². The maximum Gasteiger partial charge on any atom is 0.0296 e. The Hall–Kier alpha value is -0.600. The van der Waals surface area contributed by atoms with Gasteiger partial charge in [-0.15, -0.1) is 11.3 Å². The van der Waals surface area contributed by atoms with E-state index in [1.165, 1.54) is 10.5 Å². The van der Waals surface area contributed by atoms with Crippen LogP contribution in [0.4, 0.5) is 0 Å². The Labute approximate surface area is 78.3 Å². The van der Waals surface area contributed by atoms with Crippen LogP contribution in [0.25, 0.3) is 5.57 Å². The number of rotatable bonds is 4. The van der Waals surface area contributed by atoms with Crippen LogP contribution in [0, 0.1) is 0 Å². The van der Waals surface area contributed by atoms with E-state index in [0.29, 0.717) is 0 Å². The molecule has 0 N–H and O–H groups in total. The maximum atomic E-state index is 4.05. The van der Waals surface area contributed by atoms with Crippen LogP contribution in [0.5, 0.6) is 0 Å². The van der Waals surface area contributed by atoms with E-state index in [0.717, 1.165) is 13.0 Å². The van der Waals surface area contributed by atoms with Crippen molar-refractivity contribution >= 4 is 16.9 Å². The average Bonchev–Trinajstić information content (AvgIpc) is 2.51. The van der Waals surface area contributed by atoms with Crippen LogP contribution in [-0.4, -0.2) is 25.5 Å². The van der Waals surface area contributed by atoms with E-state index in [9.17, 15) is 0 Å². The Balaban J connectivity index is 2.40. The molecule has 0 saturated heterocycles. The molecule has 1 aromatic heterocycles. The second-order valence-corrected chi connectivity index (χ2v) is 4.08. The average molecular weight is 181 g/mol. The van der Waals surface area contributed by atoms with Crippen molar-refractivity contribution in [3.05, 3.63) is 29.0 Å². The minimum atomic E-state index is 1.06. The normalized spacial score (nSPS) is 10.6. The van der Waals surface area contributed by atoms with E-state index in [-0.39, 0.29) is 0 Å². The van der Waals surface area contributed by atoms with Crippen molar-refractivity contribution in [2.75, 3.05) is 20.6 Å². The molecule has 0 aliphatic rings. The van der Waals surface area contributed by atoms with Gasteiger partial charge in [0.15, 0.2) is 0 Å². The Morgan fingerprint density at radius 2 is 2.33 bits per heavy atom. The minimum Gasteiger partial charge on any atom is -0.309 e. The van der Waals surface area contributed by atoms with Crippen molar-refractivity contribution in [3.8, 4) is 0 Å². The molecule has 0 aromatic carbocycles. The lowest BCUT2D eigenvalue weighted by Gasteiger charge is -2.09. The van der Waals surface area contributed by atoms with E-state index in [1.807, 2.05) is 0 Å². The molecule has 0 atom stereocenters. The van der Waals surface area contributed by atoms with Crippen molar-refractivity contribution in [2.24, 2.45) is 0 Å². The summed E-state index contributed by atoms with van der Waals surface area (Å²) in [5.41, 5.74) is 1.25. The van der Waals surface area contributed by atoms with Crippen LogP contribution in [0.15, 0.2) is 24.1 Å². The minimum absolute atomic E-state index is 1.06. The molecular formula is C10H15NS. The van der Waals surface area contributed by atoms with Gasteiger partial charge < -0.3 is 4.90 Å². The molecular weight excluding hydrogens is 166 g/mol. The van der Waals surface area contributed by atoms with E-state index < -0.39 is 0 Å². The fourth-order valence-electron chi connectivity index (χ4n) is 0.962. The molecule has 0 spiro atoms.